The van der Waals surface area contributed by atoms with Crippen molar-refractivity contribution in [1.82, 2.24) is 4.90 Å². The van der Waals surface area contributed by atoms with Gasteiger partial charge in [0, 0.05) is 0 Å². The molecule has 1 aromatic rings. The van der Waals surface area contributed by atoms with Gasteiger partial charge < -0.3 is 9.47 Å². The average molecular weight is 303 g/mol. The van der Waals surface area contributed by atoms with Crippen LogP contribution in [0.15, 0.2) is 30.3 Å². The molecule has 1 saturated heterocycles. The maximum Gasteiger partial charge on any atom is 0.417 e. The Balaban J connectivity index is 2.01. The fraction of sp³-hybridized carbons (Fsp3) is 0.412. The van der Waals surface area contributed by atoms with Crippen LogP contribution in [-0.4, -0.2) is 35.7 Å². The van der Waals surface area contributed by atoms with E-state index in [1.54, 1.807) is 27.9 Å². The van der Waals surface area contributed by atoms with Crippen molar-refractivity contribution < 1.29 is 19.1 Å². The molecule has 1 unspecified atom stereocenters. The molecular weight excluding hydrogens is 282 g/mol. The molecule has 118 valence electrons. The molecule has 22 heavy (non-hydrogen) atoms. The molecule has 0 spiro atoms. The normalized spacial score (nSPS) is 18.3. The van der Waals surface area contributed by atoms with Gasteiger partial charge in [0.15, 0.2) is 0 Å². The van der Waals surface area contributed by atoms with Crippen molar-refractivity contribution in [3.05, 3.63) is 35.9 Å². The molecule has 2 rings (SSSR count). The highest BCUT2D eigenvalue weighted by Gasteiger charge is 2.41. The summed E-state index contributed by atoms with van der Waals surface area (Å²) >= 11 is 0. The number of amides is 2. The van der Waals surface area contributed by atoms with Crippen molar-refractivity contribution in [3.63, 3.8) is 0 Å². The van der Waals surface area contributed by atoms with Crippen LogP contribution in [0.2, 0.25) is 0 Å². The number of hydrogen-bond acceptors (Lipinski definition) is 4. The van der Waals surface area contributed by atoms with Gasteiger partial charge in [-0.1, -0.05) is 24.3 Å². The first-order chi connectivity index (χ1) is 10.3. The third-order valence-corrected chi connectivity index (χ3v) is 3.20. The van der Waals surface area contributed by atoms with Gasteiger partial charge in [-0.05, 0) is 38.5 Å². The van der Waals surface area contributed by atoms with Crippen molar-refractivity contribution in [3.8, 4) is 5.75 Å². The number of benzene rings is 1. The highest BCUT2D eigenvalue weighted by Crippen LogP contribution is 2.24. The molecule has 1 aliphatic heterocycles. The number of hydrogen-bond donors (Lipinski definition) is 0. The second kappa shape index (κ2) is 6.22. The van der Waals surface area contributed by atoms with Crippen molar-refractivity contribution in [2.75, 3.05) is 7.11 Å². The van der Waals surface area contributed by atoms with Gasteiger partial charge in [0.1, 0.15) is 11.4 Å². The fourth-order valence-electron chi connectivity index (χ4n) is 2.08. The molecule has 0 N–H and O–H groups in total. The lowest BCUT2D eigenvalue weighted by Gasteiger charge is -2.37. The Bertz CT molecular complexity index is 584. The van der Waals surface area contributed by atoms with Gasteiger partial charge in [-0.25, -0.2) is 9.69 Å². The van der Waals surface area contributed by atoms with Crippen LogP contribution < -0.4 is 4.74 Å². The predicted octanol–water partition coefficient (Wildman–Crippen LogP) is 3.24. The van der Waals surface area contributed by atoms with E-state index in [1.807, 2.05) is 36.4 Å². The lowest BCUT2D eigenvalue weighted by atomic mass is 10.0. The van der Waals surface area contributed by atoms with Crippen LogP contribution >= 0.6 is 0 Å². The number of carbonyl (C=O) groups is 2. The zero-order valence-corrected chi connectivity index (χ0v) is 13.3. The van der Waals surface area contributed by atoms with Crippen LogP contribution in [0.25, 0.3) is 6.08 Å². The van der Waals surface area contributed by atoms with Gasteiger partial charge in [-0.2, -0.15) is 0 Å². The molecule has 1 aromatic carbocycles. The SMILES string of the molecule is COc1ccc(C=CC2CC(=O)N2C(=O)OC(C)(C)C)cc1. The molecule has 5 nitrogen and oxygen atoms in total. The lowest BCUT2D eigenvalue weighted by Crippen LogP contribution is -2.55. The van der Waals surface area contributed by atoms with Crippen molar-refractivity contribution in [2.45, 2.75) is 38.8 Å². The molecule has 2 amide bonds. The Morgan fingerprint density at radius 3 is 2.41 bits per heavy atom. The van der Waals surface area contributed by atoms with Gasteiger partial charge >= 0.3 is 6.09 Å². The molecule has 1 aliphatic rings. The van der Waals surface area contributed by atoms with Crippen LogP contribution in [0, 0.1) is 0 Å². The van der Waals surface area contributed by atoms with E-state index >= 15 is 0 Å². The van der Waals surface area contributed by atoms with Gasteiger partial charge in [-0.15, -0.1) is 0 Å². The zero-order chi connectivity index (χ0) is 16.3. The molecule has 1 fully saturated rings. The molecule has 5 heteroatoms. The molecule has 0 aromatic heterocycles. The summed E-state index contributed by atoms with van der Waals surface area (Å²) in [7, 11) is 1.61. The maximum atomic E-state index is 12.0. The summed E-state index contributed by atoms with van der Waals surface area (Å²) in [6.45, 7) is 5.33. The zero-order valence-electron chi connectivity index (χ0n) is 13.3. The van der Waals surface area contributed by atoms with E-state index in [-0.39, 0.29) is 11.9 Å². The standard InChI is InChI=1S/C17H21NO4/c1-17(2,3)22-16(20)18-13(11-15(18)19)8-5-12-6-9-14(21-4)10-7-12/h5-10,13H,11H2,1-4H3. The lowest BCUT2D eigenvalue weighted by molar-refractivity contribution is -0.141. The van der Waals surface area contributed by atoms with Crippen LogP contribution in [0.4, 0.5) is 4.79 Å². The fourth-order valence-corrected chi connectivity index (χ4v) is 2.08. The largest absolute Gasteiger partial charge is 0.497 e. The Labute approximate surface area is 130 Å². The Kier molecular flexibility index (Phi) is 4.54. The minimum absolute atomic E-state index is 0.210. The maximum absolute atomic E-state index is 12.0. The van der Waals surface area contributed by atoms with Crippen LogP contribution in [-0.2, 0) is 9.53 Å². The minimum atomic E-state index is -0.614. The molecule has 0 bridgehead atoms. The van der Waals surface area contributed by atoms with E-state index in [9.17, 15) is 9.59 Å². The van der Waals surface area contributed by atoms with E-state index < -0.39 is 11.7 Å². The van der Waals surface area contributed by atoms with E-state index in [2.05, 4.69) is 0 Å². The molecule has 1 heterocycles. The summed E-state index contributed by atoms with van der Waals surface area (Å²) in [4.78, 5) is 24.8. The molecule has 0 saturated carbocycles. The smallest absolute Gasteiger partial charge is 0.417 e. The van der Waals surface area contributed by atoms with Crippen LogP contribution in [0.5, 0.6) is 5.75 Å². The third kappa shape index (κ3) is 3.87. The number of rotatable bonds is 3. The van der Waals surface area contributed by atoms with E-state index in [4.69, 9.17) is 9.47 Å². The number of nitrogens with zero attached hydrogens (tertiary/aromatic N) is 1. The topological polar surface area (TPSA) is 55.8 Å². The second-order valence-corrected chi connectivity index (χ2v) is 6.15. The Morgan fingerprint density at radius 2 is 1.91 bits per heavy atom. The van der Waals surface area contributed by atoms with Crippen molar-refractivity contribution >= 4 is 18.1 Å². The summed E-state index contributed by atoms with van der Waals surface area (Å²) < 4.78 is 10.3. The summed E-state index contributed by atoms with van der Waals surface area (Å²) in [5, 5.41) is 0. The number of β-lactam (4-membered cyclic amide) rings is 1. The Hall–Kier alpha value is -2.30. The molecule has 1 atom stereocenters. The second-order valence-electron chi connectivity index (χ2n) is 6.15. The van der Waals surface area contributed by atoms with E-state index in [0.29, 0.717) is 6.42 Å². The highest BCUT2D eigenvalue weighted by atomic mass is 16.6. The van der Waals surface area contributed by atoms with Crippen LogP contribution in [0.3, 0.4) is 0 Å². The summed E-state index contributed by atoms with van der Waals surface area (Å²) in [5.74, 6) is 0.574. The monoisotopic (exact) mass is 303 g/mol. The average Bonchev–Trinajstić information content (AvgIpc) is 2.41. The quantitative estimate of drug-likeness (QED) is 0.804. The van der Waals surface area contributed by atoms with E-state index in [0.717, 1.165) is 16.2 Å². The highest BCUT2D eigenvalue weighted by molar-refractivity contribution is 5.98. The first-order valence-corrected chi connectivity index (χ1v) is 7.17. The van der Waals surface area contributed by atoms with Gasteiger partial charge in [0.25, 0.3) is 0 Å². The number of methoxy groups -OCH3 is 1. The summed E-state index contributed by atoms with van der Waals surface area (Å²) in [5.41, 5.74) is 0.362. The van der Waals surface area contributed by atoms with Crippen molar-refractivity contribution in [2.24, 2.45) is 0 Å². The molecule has 0 radical (unpaired) electrons. The Morgan fingerprint density at radius 1 is 1.27 bits per heavy atom. The molecular formula is C17H21NO4. The van der Waals surface area contributed by atoms with Gasteiger partial charge in [0.2, 0.25) is 5.91 Å². The first-order valence-electron chi connectivity index (χ1n) is 7.17. The predicted molar refractivity (Wildman–Crippen MR) is 83.5 cm³/mol. The number of ether oxygens (including phenoxy) is 2. The van der Waals surface area contributed by atoms with Crippen molar-refractivity contribution in [1.29, 1.82) is 0 Å². The molecule has 0 aliphatic carbocycles. The number of carbonyl (C=O) groups excluding carboxylic acids is 2. The van der Waals surface area contributed by atoms with Gasteiger partial charge in [-0.3, -0.25) is 4.79 Å². The summed E-state index contributed by atoms with van der Waals surface area (Å²) in [6, 6.07) is 7.29. The first kappa shape index (κ1) is 16.1. The third-order valence-electron chi connectivity index (χ3n) is 3.20. The summed E-state index contributed by atoms with van der Waals surface area (Å²) in [6.07, 6.45) is 3.46. The van der Waals surface area contributed by atoms with Crippen LogP contribution in [0.1, 0.15) is 32.8 Å². The minimum Gasteiger partial charge on any atom is -0.497 e. The number of imide groups is 1. The van der Waals surface area contributed by atoms with E-state index in [1.165, 1.54) is 0 Å². The number of likely N-dealkylation sites (tertiary alicyclic amines) is 1. The van der Waals surface area contributed by atoms with Gasteiger partial charge in [0.05, 0.1) is 19.6 Å².